The minimum absolute atomic E-state index is 0.0876. The van der Waals surface area contributed by atoms with E-state index in [1.54, 1.807) is 0 Å². The Morgan fingerprint density at radius 3 is 2.53 bits per heavy atom. The van der Waals surface area contributed by atoms with Crippen LogP contribution in [0.1, 0.15) is 44.2 Å². The molecule has 19 heavy (non-hydrogen) atoms. The molecule has 1 saturated carbocycles. The SMILES string of the molecule is CC1CCC(C(NN)c2cnn(C)c2)(N(C)C)CC1. The summed E-state index contributed by atoms with van der Waals surface area (Å²) in [6.07, 6.45) is 8.85. The molecule has 1 unspecified atom stereocenters. The zero-order valence-corrected chi connectivity index (χ0v) is 12.6. The molecule has 0 aliphatic heterocycles. The van der Waals surface area contributed by atoms with Crippen molar-refractivity contribution in [3.05, 3.63) is 18.0 Å². The Labute approximate surface area is 116 Å². The zero-order chi connectivity index (χ0) is 14.0. The van der Waals surface area contributed by atoms with Crippen molar-refractivity contribution < 1.29 is 0 Å². The van der Waals surface area contributed by atoms with Crippen LogP contribution in [0.15, 0.2) is 12.4 Å². The average Bonchev–Trinajstić information content (AvgIpc) is 2.79. The molecule has 0 bridgehead atoms. The minimum atomic E-state index is 0.0876. The smallest absolute Gasteiger partial charge is 0.0674 e. The molecule has 1 aromatic rings. The number of aryl methyl sites for hydroxylation is 1. The van der Waals surface area contributed by atoms with E-state index in [1.807, 2.05) is 17.9 Å². The van der Waals surface area contributed by atoms with E-state index in [0.717, 1.165) is 5.92 Å². The number of nitrogens with two attached hydrogens (primary N) is 1. The summed E-state index contributed by atoms with van der Waals surface area (Å²) in [5, 5.41) is 4.29. The van der Waals surface area contributed by atoms with Crippen LogP contribution in [0.2, 0.25) is 0 Å². The summed E-state index contributed by atoms with van der Waals surface area (Å²) in [6.45, 7) is 2.34. The standard InChI is InChI=1S/C14H27N5/c1-11-5-7-14(8-6-11,18(2)3)13(17-15)12-9-16-19(4)10-12/h9-11,13,17H,5-8,15H2,1-4H3. The number of nitrogens with zero attached hydrogens (tertiary/aromatic N) is 3. The van der Waals surface area contributed by atoms with Gasteiger partial charge in [0.25, 0.3) is 0 Å². The third-order valence-electron chi connectivity index (χ3n) is 4.79. The van der Waals surface area contributed by atoms with Crippen LogP contribution in [0.4, 0.5) is 0 Å². The van der Waals surface area contributed by atoms with Crippen molar-refractivity contribution in [1.82, 2.24) is 20.1 Å². The molecule has 3 N–H and O–H groups in total. The molecule has 1 aliphatic carbocycles. The van der Waals surface area contributed by atoms with Crippen LogP contribution in [0.3, 0.4) is 0 Å². The Kier molecular flexibility index (Phi) is 4.28. The third kappa shape index (κ3) is 2.68. The van der Waals surface area contributed by atoms with Crippen LogP contribution in [-0.2, 0) is 7.05 Å². The van der Waals surface area contributed by atoms with E-state index < -0.39 is 0 Å². The Morgan fingerprint density at radius 1 is 1.47 bits per heavy atom. The summed E-state index contributed by atoms with van der Waals surface area (Å²) in [5.74, 6) is 6.71. The summed E-state index contributed by atoms with van der Waals surface area (Å²) in [7, 11) is 6.27. The van der Waals surface area contributed by atoms with Crippen molar-refractivity contribution in [3.8, 4) is 0 Å². The third-order valence-corrected chi connectivity index (χ3v) is 4.79. The summed E-state index contributed by atoms with van der Waals surface area (Å²) in [5.41, 5.74) is 4.31. The van der Waals surface area contributed by atoms with Gasteiger partial charge >= 0.3 is 0 Å². The van der Waals surface area contributed by atoms with Crippen LogP contribution in [0.25, 0.3) is 0 Å². The fraction of sp³-hybridized carbons (Fsp3) is 0.786. The molecule has 0 radical (unpaired) electrons. The Morgan fingerprint density at radius 2 is 2.11 bits per heavy atom. The fourth-order valence-corrected chi connectivity index (χ4v) is 3.41. The number of hydrogen-bond acceptors (Lipinski definition) is 4. The number of likely N-dealkylation sites (N-methyl/N-ethyl adjacent to an activating group) is 1. The van der Waals surface area contributed by atoms with Gasteiger partial charge in [-0.25, -0.2) is 0 Å². The summed E-state index contributed by atoms with van der Waals surface area (Å²) in [4.78, 5) is 2.34. The first-order valence-corrected chi connectivity index (χ1v) is 7.11. The average molecular weight is 265 g/mol. The molecule has 1 aliphatic rings. The number of rotatable bonds is 4. The molecule has 0 amide bonds. The molecule has 1 heterocycles. The number of hydrazine groups is 1. The molecule has 0 spiro atoms. The van der Waals surface area contributed by atoms with Crippen LogP contribution in [0, 0.1) is 5.92 Å². The molecule has 0 aromatic carbocycles. The molecule has 1 fully saturated rings. The van der Waals surface area contributed by atoms with Crippen LogP contribution in [-0.4, -0.2) is 34.3 Å². The maximum absolute atomic E-state index is 5.89. The molecule has 0 saturated heterocycles. The van der Waals surface area contributed by atoms with Crippen LogP contribution < -0.4 is 11.3 Å². The van der Waals surface area contributed by atoms with Crippen molar-refractivity contribution in [1.29, 1.82) is 0 Å². The predicted octanol–water partition coefficient (Wildman–Crippen LogP) is 1.43. The first-order valence-electron chi connectivity index (χ1n) is 7.11. The lowest BCUT2D eigenvalue weighted by atomic mass is 9.71. The molecule has 2 rings (SSSR count). The molecule has 1 aromatic heterocycles. The lowest BCUT2D eigenvalue weighted by molar-refractivity contribution is 0.0428. The van der Waals surface area contributed by atoms with Gasteiger partial charge in [-0.3, -0.25) is 16.0 Å². The van der Waals surface area contributed by atoms with E-state index in [0.29, 0.717) is 0 Å². The molecule has 5 nitrogen and oxygen atoms in total. The lowest BCUT2D eigenvalue weighted by Crippen LogP contribution is -2.56. The molecular formula is C14H27N5. The Hall–Kier alpha value is -0.910. The second-order valence-corrected chi connectivity index (χ2v) is 6.23. The van der Waals surface area contributed by atoms with E-state index in [-0.39, 0.29) is 11.6 Å². The van der Waals surface area contributed by atoms with Gasteiger partial charge in [-0.2, -0.15) is 5.10 Å². The Balaban J connectivity index is 2.31. The van der Waals surface area contributed by atoms with Gasteiger partial charge < -0.3 is 4.90 Å². The highest BCUT2D eigenvalue weighted by molar-refractivity contribution is 5.18. The molecule has 1 atom stereocenters. The normalized spacial score (nSPS) is 29.7. The fourth-order valence-electron chi connectivity index (χ4n) is 3.41. The van der Waals surface area contributed by atoms with Gasteiger partial charge in [-0.05, 0) is 45.7 Å². The monoisotopic (exact) mass is 265 g/mol. The highest BCUT2D eigenvalue weighted by Crippen LogP contribution is 2.43. The van der Waals surface area contributed by atoms with Crippen molar-refractivity contribution in [2.24, 2.45) is 18.8 Å². The van der Waals surface area contributed by atoms with Gasteiger partial charge in [-0.1, -0.05) is 6.92 Å². The number of aromatic nitrogens is 2. The van der Waals surface area contributed by atoms with E-state index in [1.165, 1.54) is 31.2 Å². The predicted molar refractivity (Wildman–Crippen MR) is 77.3 cm³/mol. The highest BCUT2D eigenvalue weighted by Gasteiger charge is 2.43. The summed E-state index contributed by atoms with van der Waals surface area (Å²) < 4.78 is 1.84. The van der Waals surface area contributed by atoms with Crippen molar-refractivity contribution in [3.63, 3.8) is 0 Å². The van der Waals surface area contributed by atoms with Gasteiger partial charge in [0.05, 0.1) is 12.2 Å². The topological polar surface area (TPSA) is 59.1 Å². The summed E-state index contributed by atoms with van der Waals surface area (Å²) in [6, 6.07) is 0.128. The lowest BCUT2D eigenvalue weighted by Gasteiger charge is -2.49. The maximum atomic E-state index is 5.89. The highest BCUT2D eigenvalue weighted by atomic mass is 15.3. The number of hydrogen-bond donors (Lipinski definition) is 2. The van der Waals surface area contributed by atoms with Crippen molar-refractivity contribution in [2.45, 2.75) is 44.2 Å². The van der Waals surface area contributed by atoms with E-state index >= 15 is 0 Å². The number of nitrogens with one attached hydrogen (secondary N) is 1. The van der Waals surface area contributed by atoms with Gasteiger partial charge in [0, 0.05) is 24.3 Å². The van der Waals surface area contributed by atoms with Crippen LogP contribution in [0.5, 0.6) is 0 Å². The second-order valence-electron chi connectivity index (χ2n) is 6.23. The van der Waals surface area contributed by atoms with Gasteiger partial charge in [0.2, 0.25) is 0 Å². The van der Waals surface area contributed by atoms with Crippen molar-refractivity contribution in [2.75, 3.05) is 14.1 Å². The van der Waals surface area contributed by atoms with E-state index in [2.05, 4.69) is 42.6 Å². The van der Waals surface area contributed by atoms with Gasteiger partial charge in [0.1, 0.15) is 0 Å². The molecule has 108 valence electrons. The maximum Gasteiger partial charge on any atom is 0.0674 e. The van der Waals surface area contributed by atoms with Crippen LogP contribution >= 0.6 is 0 Å². The van der Waals surface area contributed by atoms with Gasteiger partial charge in [0.15, 0.2) is 0 Å². The van der Waals surface area contributed by atoms with Crippen molar-refractivity contribution >= 4 is 0 Å². The molecular weight excluding hydrogens is 238 g/mol. The Bertz CT molecular complexity index is 404. The van der Waals surface area contributed by atoms with Gasteiger partial charge in [-0.15, -0.1) is 0 Å². The van der Waals surface area contributed by atoms with E-state index in [4.69, 9.17) is 5.84 Å². The molecule has 5 heteroatoms. The second kappa shape index (κ2) is 5.61. The first kappa shape index (κ1) is 14.5. The largest absolute Gasteiger partial charge is 0.302 e. The first-order chi connectivity index (χ1) is 8.99. The zero-order valence-electron chi connectivity index (χ0n) is 12.6. The quantitative estimate of drug-likeness (QED) is 0.639. The summed E-state index contributed by atoms with van der Waals surface area (Å²) >= 11 is 0. The van der Waals surface area contributed by atoms with E-state index in [9.17, 15) is 0 Å². The minimum Gasteiger partial charge on any atom is -0.302 e.